The van der Waals surface area contributed by atoms with Gasteiger partial charge in [-0.3, -0.25) is 0 Å². The van der Waals surface area contributed by atoms with Crippen LogP contribution in [-0.2, 0) is 6.42 Å². The van der Waals surface area contributed by atoms with E-state index in [2.05, 4.69) is 24.8 Å². The first-order valence-electron chi connectivity index (χ1n) is 5.47. The minimum absolute atomic E-state index is 0.145. The molecule has 1 rings (SSSR count). The summed E-state index contributed by atoms with van der Waals surface area (Å²) in [5.41, 5.74) is 8.80. The van der Waals surface area contributed by atoms with E-state index < -0.39 is 0 Å². The Labute approximate surface area is 91.5 Å². The van der Waals surface area contributed by atoms with Crippen LogP contribution in [0.3, 0.4) is 0 Å². The third-order valence-corrected chi connectivity index (χ3v) is 2.64. The molecule has 84 valence electrons. The van der Waals surface area contributed by atoms with Crippen LogP contribution in [0.15, 0.2) is 18.2 Å². The third-order valence-electron chi connectivity index (χ3n) is 2.64. The topological polar surface area (TPSA) is 49.5 Å². The number of aliphatic hydroxyl groups is 1. The molecule has 1 aromatic rings. The van der Waals surface area contributed by atoms with Crippen molar-refractivity contribution in [1.82, 2.24) is 0 Å². The Balaban J connectivity index is 2.95. The van der Waals surface area contributed by atoms with Gasteiger partial charge in [0.2, 0.25) is 0 Å². The lowest BCUT2D eigenvalue weighted by molar-refractivity contribution is 0.300. The highest BCUT2D eigenvalue weighted by Crippen LogP contribution is 2.21. The molecule has 0 aliphatic rings. The van der Waals surface area contributed by atoms with E-state index in [0.29, 0.717) is 6.42 Å². The second-order valence-electron chi connectivity index (χ2n) is 3.53. The molecule has 0 saturated carbocycles. The fraction of sp³-hybridized carbons (Fsp3) is 0.500. The van der Waals surface area contributed by atoms with Crippen LogP contribution in [0.25, 0.3) is 0 Å². The van der Waals surface area contributed by atoms with Gasteiger partial charge in [-0.2, -0.15) is 0 Å². The van der Waals surface area contributed by atoms with Crippen LogP contribution in [0.2, 0.25) is 0 Å². The van der Waals surface area contributed by atoms with Crippen LogP contribution in [0.4, 0.5) is 11.4 Å². The first-order valence-corrected chi connectivity index (χ1v) is 5.47. The summed E-state index contributed by atoms with van der Waals surface area (Å²) in [7, 11) is 0. The van der Waals surface area contributed by atoms with Gasteiger partial charge in [0.25, 0.3) is 0 Å². The Bertz CT molecular complexity index is 308. The maximum absolute atomic E-state index is 8.92. The Morgan fingerprint density at radius 1 is 1.27 bits per heavy atom. The summed E-state index contributed by atoms with van der Waals surface area (Å²) in [6.07, 6.45) is 0.626. The first-order chi connectivity index (χ1) is 7.22. The van der Waals surface area contributed by atoms with Gasteiger partial charge in [0.15, 0.2) is 0 Å². The largest absolute Gasteiger partial charge is 0.399 e. The lowest BCUT2D eigenvalue weighted by Crippen LogP contribution is -2.22. The smallest absolute Gasteiger partial charge is 0.0472 e. The minimum Gasteiger partial charge on any atom is -0.399 e. The van der Waals surface area contributed by atoms with Gasteiger partial charge >= 0.3 is 0 Å². The quantitative estimate of drug-likeness (QED) is 0.723. The molecule has 0 saturated heterocycles. The van der Waals surface area contributed by atoms with E-state index in [1.165, 1.54) is 5.69 Å². The standard InChI is InChI=1S/C12H20N2O/c1-3-14(4-2)11-5-6-12(13)10(9-11)7-8-15/h5-6,9,15H,3-4,7-8,13H2,1-2H3. The second-order valence-corrected chi connectivity index (χ2v) is 3.53. The fourth-order valence-corrected chi connectivity index (χ4v) is 1.71. The van der Waals surface area contributed by atoms with E-state index >= 15 is 0 Å². The fourth-order valence-electron chi connectivity index (χ4n) is 1.71. The molecule has 1 aromatic carbocycles. The molecule has 0 radical (unpaired) electrons. The first kappa shape index (κ1) is 11.9. The van der Waals surface area contributed by atoms with Gasteiger partial charge in [0.05, 0.1) is 0 Å². The molecule has 0 aromatic heterocycles. The number of aliphatic hydroxyl groups excluding tert-OH is 1. The summed E-state index contributed by atoms with van der Waals surface area (Å²) >= 11 is 0. The molecule has 0 aliphatic heterocycles. The summed E-state index contributed by atoms with van der Waals surface area (Å²) in [6.45, 7) is 6.38. The Kier molecular flexibility index (Phi) is 4.43. The van der Waals surface area contributed by atoms with E-state index in [1.807, 2.05) is 12.1 Å². The van der Waals surface area contributed by atoms with Crippen molar-refractivity contribution in [1.29, 1.82) is 0 Å². The molecule has 0 spiro atoms. The van der Waals surface area contributed by atoms with Crippen LogP contribution in [0.5, 0.6) is 0 Å². The second kappa shape index (κ2) is 5.61. The summed E-state index contributed by atoms with van der Waals surface area (Å²) in [5.74, 6) is 0. The zero-order valence-corrected chi connectivity index (χ0v) is 9.53. The van der Waals surface area contributed by atoms with E-state index in [-0.39, 0.29) is 6.61 Å². The molecule has 0 fully saturated rings. The van der Waals surface area contributed by atoms with Crippen molar-refractivity contribution in [3.8, 4) is 0 Å². The van der Waals surface area contributed by atoms with Crippen molar-refractivity contribution in [2.75, 3.05) is 30.3 Å². The van der Waals surface area contributed by atoms with Gasteiger partial charge in [0.1, 0.15) is 0 Å². The summed E-state index contributed by atoms with van der Waals surface area (Å²) in [4.78, 5) is 2.26. The molecule has 3 nitrogen and oxygen atoms in total. The van der Waals surface area contributed by atoms with Crippen LogP contribution in [0, 0.1) is 0 Å². The molecular weight excluding hydrogens is 188 g/mol. The number of nitrogens with two attached hydrogens (primary N) is 1. The van der Waals surface area contributed by atoms with Crippen molar-refractivity contribution in [2.45, 2.75) is 20.3 Å². The van der Waals surface area contributed by atoms with Crippen molar-refractivity contribution >= 4 is 11.4 Å². The Hall–Kier alpha value is -1.22. The molecule has 3 N–H and O–H groups in total. The molecular formula is C12H20N2O. The van der Waals surface area contributed by atoms with Gasteiger partial charge in [0, 0.05) is 31.1 Å². The molecule has 3 heteroatoms. The summed E-state index contributed by atoms with van der Waals surface area (Å²) < 4.78 is 0. The number of nitrogen functional groups attached to an aromatic ring is 1. The van der Waals surface area contributed by atoms with Gasteiger partial charge < -0.3 is 15.7 Å². The zero-order valence-electron chi connectivity index (χ0n) is 9.53. The predicted molar refractivity (Wildman–Crippen MR) is 65.2 cm³/mol. The molecule has 0 aliphatic carbocycles. The van der Waals surface area contributed by atoms with E-state index in [1.54, 1.807) is 0 Å². The maximum Gasteiger partial charge on any atom is 0.0472 e. The number of hydrogen-bond donors (Lipinski definition) is 2. The number of rotatable bonds is 5. The average molecular weight is 208 g/mol. The minimum atomic E-state index is 0.145. The van der Waals surface area contributed by atoms with Crippen molar-refractivity contribution < 1.29 is 5.11 Å². The highest BCUT2D eigenvalue weighted by molar-refractivity contribution is 5.58. The van der Waals surface area contributed by atoms with Crippen LogP contribution in [0.1, 0.15) is 19.4 Å². The Morgan fingerprint density at radius 3 is 2.47 bits per heavy atom. The molecule has 0 atom stereocenters. The Morgan fingerprint density at radius 2 is 1.93 bits per heavy atom. The molecule has 15 heavy (non-hydrogen) atoms. The summed E-state index contributed by atoms with van der Waals surface area (Å²) in [5, 5.41) is 8.92. The molecule has 0 amide bonds. The van der Waals surface area contributed by atoms with E-state index in [9.17, 15) is 0 Å². The SMILES string of the molecule is CCN(CC)c1ccc(N)c(CCO)c1. The van der Waals surface area contributed by atoms with Gasteiger partial charge in [-0.25, -0.2) is 0 Å². The molecule has 0 heterocycles. The van der Waals surface area contributed by atoms with Crippen molar-refractivity contribution in [3.63, 3.8) is 0 Å². The predicted octanol–water partition coefficient (Wildman–Crippen LogP) is 1.65. The van der Waals surface area contributed by atoms with Gasteiger partial charge in [-0.15, -0.1) is 0 Å². The number of hydrogen-bond acceptors (Lipinski definition) is 3. The average Bonchev–Trinajstić information content (AvgIpc) is 2.25. The number of anilines is 2. The number of benzene rings is 1. The lowest BCUT2D eigenvalue weighted by Gasteiger charge is -2.22. The normalized spacial score (nSPS) is 10.3. The molecule has 0 unspecified atom stereocenters. The highest BCUT2D eigenvalue weighted by atomic mass is 16.2. The number of nitrogens with zero attached hydrogens (tertiary/aromatic N) is 1. The van der Waals surface area contributed by atoms with Crippen molar-refractivity contribution in [3.05, 3.63) is 23.8 Å². The van der Waals surface area contributed by atoms with Gasteiger partial charge in [-0.05, 0) is 44.0 Å². The van der Waals surface area contributed by atoms with E-state index in [4.69, 9.17) is 10.8 Å². The van der Waals surface area contributed by atoms with Crippen LogP contribution in [-0.4, -0.2) is 24.8 Å². The highest BCUT2D eigenvalue weighted by Gasteiger charge is 2.05. The monoisotopic (exact) mass is 208 g/mol. The van der Waals surface area contributed by atoms with Crippen LogP contribution < -0.4 is 10.6 Å². The lowest BCUT2D eigenvalue weighted by atomic mass is 10.1. The van der Waals surface area contributed by atoms with E-state index in [0.717, 1.165) is 24.3 Å². The maximum atomic E-state index is 8.92. The van der Waals surface area contributed by atoms with Gasteiger partial charge in [-0.1, -0.05) is 0 Å². The van der Waals surface area contributed by atoms with Crippen molar-refractivity contribution in [2.24, 2.45) is 0 Å². The third kappa shape index (κ3) is 2.86. The van der Waals surface area contributed by atoms with Crippen LogP contribution >= 0.6 is 0 Å². The zero-order chi connectivity index (χ0) is 11.3. The summed E-state index contributed by atoms with van der Waals surface area (Å²) in [6, 6.07) is 6.01. The molecule has 0 bridgehead atoms.